The van der Waals surface area contributed by atoms with Crippen LogP contribution >= 0.6 is 22.9 Å². The number of carbonyl (C=O) groups is 2. The zero-order valence-electron chi connectivity index (χ0n) is 21.2. The standard InChI is InChI=1S/C26H29ClF2N4O4S/c1-4-37-25(36)21-17(12-33-13-18(29)26(2,3)19(33)7-8-20(34)35)31-23(24-30-9-10-38-24)32-22(21)15-6-5-14(28)11-16(15)27/h5-6,9-11,18-19,22H,4,7-8,12-13H2,1-3H3,(H,31,32)(H,34,35)/t18?,19-,22+/m1/s1. The van der Waals surface area contributed by atoms with Crippen molar-refractivity contribution in [2.24, 2.45) is 10.4 Å². The van der Waals surface area contributed by atoms with Crippen LogP contribution in [0.15, 0.2) is 46.0 Å². The van der Waals surface area contributed by atoms with Crippen LogP contribution in [0.2, 0.25) is 5.02 Å². The van der Waals surface area contributed by atoms with Gasteiger partial charge >= 0.3 is 11.9 Å². The van der Waals surface area contributed by atoms with E-state index in [0.717, 1.165) is 6.07 Å². The molecule has 1 unspecified atom stereocenters. The molecule has 8 nitrogen and oxygen atoms in total. The van der Waals surface area contributed by atoms with Crippen LogP contribution in [0, 0.1) is 11.2 Å². The maximum absolute atomic E-state index is 15.2. The Labute approximate surface area is 228 Å². The highest BCUT2D eigenvalue weighted by atomic mass is 35.5. The fourth-order valence-electron chi connectivity index (χ4n) is 5.01. The molecule has 2 aromatic rings. The second-order valence-corrected chi connectivity index (χ2v) is 11.1. The number of carboxylic acids is 1. The van der Waals surface area contributed by atoms with Gasteiger partial charge in [-0.2, -0.15) is 0 Å². The molecule has 2 N–H and O–H groups in total. The van der Waals surface area contributed by atoms with Crippen molar-refractivity contribution in [3.8, 4) is 0 Å². The Morgan fingerprint density at radius 2 is 2.13 bits per heavy atom. The van der Waals surface area contributed by atoms with Gasteiger partial charge in [-0.25, -0.2) is 18.6 Å². The number of halogens is 3. The number of amidine groups is 1. The fraction of sp³-hybridized carbons (Fsp3) is 0.462. The molecule has 3 atom stereocenters. The Kier molecular flexibility index (Phi) is 8.49. The number of benzene rings is 1. The van der Waals surface area contributed by atoms with Gasteiger partial charge in [0, 0.05) is 58.8 Å². The minimum atomic E-state index is -1.20. The van der Waals surface area contributed by atoms with Crippen molar-refractivity contribution >= 4 is 40.7 Å². The molecule has 2 aliphatic rings. The molecule has 3 heterocycles. The van der Waals surface area contributed by atoms with E-state index in [9.17, 15) is 19.1 Å². The number of nitrogens with one attached hydrogen (secondary N) is 1. The zero-order valence-corrected chi connectivity index (χ0v) is 22.8. The first-order chi connectivity index (χ1) is 18.0. The quantitative estimate of drug-likeness (QED) is 0.422. The van der Waals surface area contributed by atoms with Gasteiger partial charge in [-0.1, -0.05) is 31.5 Å². The molecule has 0 amide bonds. The van der Waals surface area contributed by atoms with Crippen molar-refractivity contribution in [3.63, 3.8) is 0 Å². The van der Waals surface area contributed by atoms with E-state index in [0.29, 0.717) is 22.1 Å². The molecule has 204 valence electrons. The van der Waals surface area contributed by atoms with E-state index < -0.39 is 41.4 Å². The van der Waals surface area contributed by atoms with Crippen molar-refractivity contribution in [3.05, 3.63) is 62.5 Å². The number of nitrogens with zero attached hydrogens (tertiary/aromatic N) is 3. The van der Waals surface area contributed by atoms with E-state index in [2.05, 4.69) is 10.3 Å². The highest BCUT2D eigenvalue weighted by Crippen LogP contribution is 2.42. The van der Waals surface area contributed by atoms with Crippen LogP contribution in [0.5, 0.6) is 0 Å². The predicted octanol–water partition coefficient (Wildman–Crippen LogP) is 4.76. The first-order valence-corrected chi connectivity index (χ1v) is 13.5. The lowest BCUT2D eigenvalue weighted by Gasteiger charge is -2.35. The molecule has 12 heteroatoms. The van der Waals surface area contributed by atoms with Crippen molar-refractivity contribution < 1.29 is 28.2 Å². The monoisotopic (exact) mass is 566 g/mol. The summed E-state index contributed by atoms with van der Waals surface area (Å²) in [6, 6.07) is 2.52. The number of aromatic nitrogens is 1. The van der Waals surface area contributed by atoms with E-state index >= 15 is 4.39 Å². The average Bonchev–Trinajstić information content (AvgIpc) is 3.44. The largest absolute Gasteiger partial charge is 0.481 e. The molecule has 1 aromatic carbocycles. The Hall–Kier alpha value is -2.89. The number of aliphatic carboxylic acids is 1. The Morgan fingerprint density at radius 1 is 1.37 bits per heavy atom. The van der Waals surface area contributed by atoms with Crippen molar-refractivity contribution in [2.45, 2.75) is 51.9 Å². The van der Waals surface area contributed by atoms with Crippen LogP contribution in [0.4, 0.5) is 8.78 Å². The van der Waals surface area contributed by atoms with E-state index in [1.807, 2.05) is 4.90 Å². The van der Waals surface area contributed by atoms with E-state index in [1.165, 1.54) is 23.5 Å². The number of hydrogen-bond acceptors (Lipinski definition) is 8. The summed E-state index contributed by atoms with van der Waals surface area (Å²) < 4.78 is 34.5. The number of thiazole rings is 1. The number of esters is 1. The van der Waals surface area contributed by atoms with E-state index in [-0.39, 0.29) is 43.1 Å². The molecule has 1 aromatic heterocycles. The third-order valence-electron chi connectivity index (χ3n) is 7.01. The Balaban J connectivity index is 1.82. The van der Waals surface area contributed by atoms with Crippen LogP contribution in [0.25, 0.3) is 0 Å². The van der Waals surface area contributed by atoms with Gasteiger partial charge in [-0.15, -0.1) is 11.3 Å². The van der Waals surface area contributed by atoms with E-state index in [4.69, 9.17) is 21.3 Å². The summed E-state index contributed by atoms with van der Waals surface area (Å²) >= 11 is 7.75. The number of likely N-dealkylation sites (tertiary alicyclic amines) is 1. The highest BCUT2D eigenvalue weighted by Gasteiger charge is 2.49. The smallest absolute Gasteiger partial charge is 0.338 e. The number of rotatable bonds is 9. The maximum atomic E-state index is 15.2. The zero-order chi connectivity index (χ0) is 27.6. The van der Waals surface area contributed by atoms with Gasteiger partial charge < -0.3 is 15.2 Å². The summed E-state index contributed by atoms with van der Waals surface area (Å²) in [7, 11) is 0. The van der Waals surface area contributed by atoms with Gasteiger partial charge in [-0.3, -0.25) is 14.7 Å². The van der Waals surface area contributed by atoms with Gasteiger partial charge in [0.05, 0.1) is 12.2 Å². The SMILES string of the molecule is CCOC(=O)C1=C(CN2CC(F)C(C)(C)[C@H]2CCC(=O)O)NC(c2nccs2)=N[C@H]1c1ccc(F)cc1Cl. The minimum absolute atomic E-state index is 0.0598. The molecule has 0 saturated carbocycles. The molecule has 0 radical (unpaired) electrons. The summed E-state index contributed by atoms with van der Waals surface area (Å²) in [6.07, 6.45) is 0.540. The van der Waals surface area contributed by atoms with Crippen LogP contribution in [0.1, 0.15) is 50.2 Å². The third kappa shape index (κ3) is 5.74. The topological polar surface area (TPSA) is 104 Å². The van der Waals surface area contributed by atoms with Gasteiger partial charge in [0.25, 0.3) is 0 Å². The first-order valence-electron chi connectivity index (χ1n) is 12.2. The first kappa shape index (κ1) is 28.1. The summed E-state index contributed by atoms with van der Waals surface area (Å²) in [5, 5.41) is 14.9. The number of alkyl halides is 1. The molecular formula is C26H29ClF2N4O4S. The maximum Gasteiger partial charge on any atom is 0.338 e. The van der Waals surface area contributed by atoms with Gasteiger partial charge in [0.1, 0.15) is 18.0 Å². The lowest BCUT2D eigenvalue weighted by molar-refractivity contribution is -0.139. The molecule has 0 spiro atoms. The molecule has 38 heavy (non-hydrogen) atoms. The fourth-order valence-corrected chi connectivity index (χ4v) is 5.87. The van der Waals surface area contributed by atoms with Crippen molar-refractivity contribution in [1.82, 2.24) is 15.2 Å². The van der Waals surface area contributed by atoms with Crippen LogP contribution in [-0.2, 0) is 14.3 Å². The summed E-state index contributed by atoms with van der Waals surface area (Å²) in [5.41, 5.74) is 0.175. The molecule has 1 saturated heterocycles. The average molecular weight is 567 g/mol. The van der Waals surface area contributed by atoms with Crippen molar-refractivity contribution in [1.29, 1.82) is 0 Å². The molecular weight excluding hydrogens is 538 g/mol. The second kappa shape index (κ2) is 11.5. The predicted molar refractivity (Wildman–Crippen MR) is 141 cm³/mol. The molecule has 1 fully saturated rings. The van der Waals surface area contributed by atoms with Gasteiger partial charge in [-0.05, 0) is 25.5 Å². The number of ether oxygens (including phenoxy) is 1. The number of carboxylic acid groups (broad SMARTS) is 1. The second-order valence-electron chi connectivity index (χ2n) is 9.79. The van der Waals surface area contributed by atoms with E-state index in [1.54, 1.807) is 32.3 Å². The summed E-state index contributed by atoms with van der Waals surface area (Å²) in [5.74, 6) is -1.76. The lowest BCUT2D eigenvalue weighted by atomic mass is 9.81. The van der Waals surface area contributed by atoms with Crippen LogP contribution in [-0.4, -0.2) is 64.7 Å². The Bertz CT molecular complexity index is 1270. The Morgan fingerprint density at radius 3 is 2.76 bits per heavy atom. The molecule has 2 aliphatic heterocycles. The number of aliphatic imine (C=N–C) groups is 1. The number of carbonyl (C=O) groups excluding carboxylic acids is 1. The minimum Gasteiger partial charge on any atom is -0.481 e. The summed E-state index contributed by atoms with van der Waals surface area (Å²) in [6.45, 7) is 5.50. The molecule has 0 bridgehead atoms. The summed E-state index contributed by atoms with van der Waals surface area (Å²) in [4.78, 5) is 35.6. The molecule has 4 rings (SSSR count). The van der Waals surface area contributed by atoms with Gasteiger partial charge in [0.15, 0.2) is 10.8 Å². The van der Waals surface area contributed by atoms with Crippen molar-refractivity contribution in [2.75, 3.05) is 19.7 Å². The number of hydrogen-bond donors (Lipinski definition) is 2. The van der Waals surface area contributed by atoms with Crippen LogP contribution < -0.4 is 5.32 Å². The van der Waals surface area contributed by atoms with Crippen LogP contribution in [0.3, 0.4) is 0 Å². The lowest BCUT2D eigenvalue weighted by Crippen LogP contribution is -2.43. The molecule has 0 aliphatic carbocycles. The normalized spacial score (nSPS) is 23.2. The highest BCUT2D eigenvalue weighted by molar-refractivity contribution is 7.11. The van der Waals surface area contributed by atoms with Gasteiger partial charge in [0.2, 0.25) is 0 Å². The third-order valence-corrected chi connectivity index (χ3v) is 8.12.